The van der Waals surface area contributed by atoms with Gasteiger partial charge in [0.25, 0.3) is 0 Å². The van der Waals surface area contributed by atoms with E-state index in [1.54, 1.807) is 23.3 Å². The van der Waals surface area contributed by atoms with Crippen LogP contribution >= 0.6 is 11.3 Å². The predicted octanol–water partition coefficient (Wildman–Crippen LogP) is 0.787. The summed E-state index contributed by atoms with van der Waals surface area (Å²) in [5, 5.41) is 3.20. The van der Waals surface area contributed by atoms with Crippen molar-refractivity contribution in [1.82, 2.24) is 15.2 Å². The fourth-order valence-corrected chi connectivity index (χ4v) is 2.94. The van der Waals surface area contributed by atoms with Gasteiger partial charge in [0.15, 0.2) is 0 Å². The zero-order chi connectivity index (χ0) is 13.1. The van der Waals surface area contributed by atoms with Crippen molar-refractivity contribution in [3.05, 3.63) is 16.1 Å². The highest BCUT2D eigenvalue weighted by molar-refractivity contribution is 7.09. The smallest absolute Gasteiger partial charge is 0.239 e. The van der Waals surface area contributed by atoms with Crippen LogP contribution in [0.2, 0.25) is 0 Å². The van der Waals surface area contributed by atoms with Gasteiger partial charge in [0.2, 0.25) is 5.91 Å². The third-order valence-electron chi connectivity index (χ3n) is 3.32. The van der Waals surface area contributed by atoms with E-state index in [-0.39, 0.29) is 18.1 Å². The number of likely N-dealkylation sites (N-methyl/N-ethyl adjacent to an activating group) is 1. The maximum atomic E-state index is 12.2. The molecule has 1 aromatic rings. The van der Waals surface area contributed by atoms with E-state index in [4.69, 9.17) is 4.74 Å². The molecule has 0 aromatic carbocycles. The average molecular weight is 269 g/mol. The molecule has 1 aromatic heterocycles. The Morgan fingerprint density at radius 2 is 2.50 bits per heavy atom. The molecular formula is C12H19N3O2S. The highest BCUT2D eigenvalue weighted by atomic mass is 32.1. The Morgan fingerprint density at radius 3 is 3.06 bits per heavy atom. The Labute approximate surface area is 111 Å². The van der Waals surface area contributed by atoms with E-state index < -0.39 is 0 Å². The van der Waals surface area contributed by atoms with E-state index in [1.807, 2.05) is 19.5 Å². The van der Waals surface area contributed by atoms with Gasteiger partial charge in [-0.15, -0.1) is 11.3 Å². The first-order valence-electron chi connectivity index (χ1n) is 6.02. The Bertz CT molecular complexity index is 421. The molecule has 2 unspecified atom stereocenters. The lowest BCUT2D eigenvalue weighted by molar-refractivity contribution is -0.132. The second-order valence-corrected chi connectivity index (χ2v) is 5.55. The van der Waals surface area contributed by atoms with Crippen LogP contribution in [0.4, 0.5) is 0 Å². The van der Waals surface area contributed by atoms with Crippen LogP contribution in [0, 0.1) is 6.92 Å². The first-order valence-corrected chi connectivity index (χ1v) is 6.90. The molecule has 2 rings (SSSR count). The van der Waals surface area contributed by atoms with Crippen LogP contribution in [-0.2, 0) is 16.1 Å². The average Bonchev–Trinajstić information content (AvgIpc) is 2.98. The number of carbonyl (C=O) groups excluding carboxylic acids is 1. The number of hydrogen-bond acceptors (Lipinski definition) is 5. The molecule has 6 heteroatoms. The lowest BCUT2D eigenvalue weighted by Gasteiger charge is -2.20. The van der Waals surface area contributed by atoms with Crippen molar-refractivity contribution in [2.75, 3.05) is 20.7 Å². The van der Waals surface area contributed by atoms with Crippen LogP contribution in [0.5, 0.6) is 0 Å². The molecule has 0 aliphatic carbocycles. The van der Waals surface area contributed by atoms with Gasteiger partial charge in [-0.3, -0.25) is 4.79 Å². The van der Waals surface area contributed by atoms with Gasteiger partial charge in [0.05, 0.1) is 29.9 Å². The van der Waals surface area contributed by atoms with E-state index in [9.17, 15) is 4.79 Å². The molecule has 2 heterocycles. The van der Waals surface area contributed by atoms with Crippen molar-refractivity contribution in [3.63, 3.8) is 0 Å². The number of thiazole rings is 1. The van der Waals surface area contributed by atoms with E-state index >= 15 is 0 Å². The minimum Gasteiger partial charge on any atom is -0.380 e. The Kier molecular flexibility index (Phi) is 4.31. The number of hydrogen-bond donors (Lipinski definition) is 1. The van der Waals surface area contributed by atoms with Crippen LogP contribution in [-0.4, -0.2) is 48.6 Å². The Hall–Kier alpha value is -0.980. The number of rotatable bonds is 4. The van der Waals surface area contributed by atoms with Crippen molar-refractivity contribution in [2.24, 2.45) is 0 Å². The molecule has 2 atom stereocenters. The lowest BCUT2D eigenvalue weighted by Crippen LogP contribution is -2.41. The number of carbonyl (C=O) groups is 1. The van der Waals surface area contributed by atoms with E-state index in [2.05, 4.69) is 10.3 Å². The summed E-state index contributed by atoms with van der Waals surface area (Å²) in [5.74, 6) is 0.127. The molecule has 18 heavy (non-hydrogen) atoms. The summed E-state index contributed by atoms with van der Waals surface area (Å²) in [6.07, 6.45) is 0.902. The fourth-order valence-electron chi connectivity index (χ4n) is 2.11. The summed E-state index contributed by atoms with van der Waals surface area (Å²) in [4.78, 5) is 19.3. The summed E-state index contributed by atoms with van der Waals surface area (Å²) >= 11 is 1.59. The van der Waals surface area contributed by atoms with Crippen molar-refractivity contribution in [3.8, 4) is 0 Å². The number of methoxy groups -OCH3 is 1. The molecule has 1 fully saturated rings. The second-order valence-electron chi connectivity index (χ2n) is 4.61. The number of nitrogens with zero attached hydrogens (tertiary/aromatic N) is 2. The summed E-state index contributed by atoms with van der Waals surface area (Å²) in [5.41, 5.74) is 2.83. The minimum absolute atomic E-state index is 0.117. The predicted molar refractivity (Wildman–Crippen MR) is 70.5 cm³/mol. The number of aryl methyl sites for hydroxylation is 1. The minimum atomic E-state index is -0.117. The molecule has 100 valence electrons. The van der Waals surface area contributed by atoms with E-state index in [0.29, 0.717) is 6.54 Å². The third-order valence-corrected chi connectivity index (χ3v) is 4.24. The quantitative estimate of drug-likeness (QED) is 0.878. The van der Waals surface area contributed by atoms with Gasteiger partial charge in [-0.05, 0) is 13.3 Å². The zero-order valence-corrected chi connectivity index (χ0v) is 11.8. The molecule has 1 aliphatic heterocycles. The van der Waals surface area contributed by atoms with Crippen molar-refractivity contribution in [2.45, 2.75) is 32.0 Å². The molecule has 0 radical (unpaired) electrons. The number of aromatic nitrogens is 1. The topological polar surface area (TPSA) is 54.5 Å². The normalized spacial score (nSPS) is 23.3. The van der Waals surface area contributed by atoms with E-state index in [0.717, 1.165) is 23.5 Å². The Morgan fingerprint density at radius 1 is 1.72 bits per heavy atom. The standard InChI is InChI=1S/C12H19N3O2S/c1-8-11(18-7-14-8)6-15(2)12(16)10-4-9(17-3)5-13-10/h7,9-10,13H,4-6H2,1-3H3. The van der Waals surface area contributed by atoms with Crippen molar-refractivity contribution >= 4 is 17.2 Å². The molecule has 1 saturated heterocycles. The van der Waals surface area contributed by atoms with Gasteiger partial charge in [-0.25, -0.2) is 4.98 Å². The summed E-state index contributed by atoms with van der Waals surface area (Å²) in [6.45, 7) is 3.35. The molecule has 1 amide bonds. The molecular weight excluding hydrogens is 250 g/mol. The first kappa shape index (κ1) is 13.5. The fraction of sp³-hybridized carbons (Fsp3) is 0.667. The highest BCUT2D eigenvalue weighted by Crippen LogP contribution is 2.17. The number of amides is 1. The highest BCUT2D eigenvalue weighted by Gasteiger charge is 2.31. The van der Waals surface area contributed by atoms with Gasteiger partial charge < -0.3 is 15.0 Å². The molecule has 0 spiro atoms. The number of ether oxygens (including phenoxy) is 1. The maximum Gasteiger partial charge on any atom is 0.239 e. The monoisotopic (exact) mass is 269 g/mol. The van der Waals surface area contributed by atoms with Crippen LogP contribution in [0.3, 0.4) is 0 Å². The maximum absolute atomic E-state index is 12.2. The van der Waals surface area contributed by atoms with Crippen LogP contribution in [0.15, 0.2) is 5.51 Å². The third kappa shape index (κ3) is 2.88. The van der Waals surface area contributed by atoms with Crippen LogP contribution < -0.4 is 5.32 Å². The molecule has 1 N–H and O–H groups in total. The SMILES string of the molecule is COC1CNC(C(=O)N(C)Cc2scnc2C)C1. The van der Waals surface area contributed by atoms with Crippen molar-refractivity contribution < 1.29 is 9.53 Å². The van der Waals surface area contributed by atoms with E-state index in [1.165, 1.54) is 0 Å². The van der Waals surface area contributed by atoms with Gasteiger partial charge in [-0.1, -0.05) is 0 Å². The van der Waals surface area contributed by atoms with Gasteiger partial charge in [0, 0.05) is 25.6 Å². The van der Waals surface area contributed by atoms with Gasteiger partial charge >= 0.3 is 0 Å². The molecule has 1 aliphatic rings. The first-order chi connectivity index (χ1) is 8.61. The van der Waals surface area contributed by atoms with Crippen LogP contribution in [0.1, 0.15) is 17.0 Å². The second kappa shape index (κ2) is 5.77. The molecule has 0 bridgehead atoms. The number of nitrogens with one attached hydrogen (secondary N) is 1. The lowest BCUT2D eigenvalue weighted by atomic mass is 10.2. The summed E-state index contributed by atoms with van der Waals surface area (Å²) in [6, 6.07) is -0.117. The van der Waals surface area contributed by atoms with Gasteiger partial charge in [0.1, 0.15) is 0 Å². The Balaban J connectivity index is 1.91. The van der Waals surface area contributed by atoms with Crippen molar-refractivity contribution in [1.29, 1.82) is 0 Å². The molecule has 0 saturated carbocycles. The van der Waals surface area contributed by atoms with Gasteiger partial charge in [-0.2, -0.15) is 0 Å². The van der Waals surface area contributed by atoms with Crippen LogP contribution in [0.25, 0.3) is 0 Å². The summed E-state index contributed by atoms with van der Waals surface area (Å²) in [7, 11) is 3.52. The summed E-state index contributed by atoms with van der Waals surface area (Å²) < 4.78 is 5.26. The zero-order valence-electron chi connectivity index (χ0n) is 11.0. The molecule has 5 nitrogen and oxygen atoms in total. The largest absolute Gasteiger partial charge is 0.380 e.